The van der Waals surface area contributed by atoms with Gasteiger partial charge in [0.1, 0.15) is 0 Å². The molecule has 1 aromatic carbocycles. The molecule has 0 heterocycles. The van der Waals surface area contributed by atoms with E-state index in [2.05, 4.69) is 5.32 Å². The summed E-state index contributed by atoms with van der Waals surface area (Å²) >= 11 is 0. The third-order valence-electron chi connectivity index (χ3n) is 2.59. The largest absolute Gasteiger partial charge is 0.416 e. The smallest absolute Gasteiger partial charge is 0.397 e. The molecule has 3 nitrogen and oxygen atoms in total. The first kappa shape index (κ1) is 14.6. The Kier molecular flexibility index (Phi) is 4.11. The number of aliphatic hydroxyl groups excluding tert-OH is 1. The Hall–Kier alpha value is -1.43. The average Bonchev–Trinajstić information content (AvgIpc) is 2.19. The maximum absolute atomic E-state index is 12.4. The van der Waals surface area contributed by atoms with Gasteiger partial charge in [-0.2, -0.15) is 13.2 Å². The fourth-order valence-corrected chi connectivity index (χ4v) is 1.56. The molecule has 0 amide bonds. The fraction of sp³-hybridized carbons (Fsp3) is 0.500. The van der Waals surface area contributed by atoms with E-state index in [4.69, 9.17) is 10.8 Å². The van der Waals surface area contributed by atoms with Gasteiger partial charge in [0.15, 0.2) is 0 Å². The number of nitrogens with two attached hydrogens (primary N) is 1. The average molecular weight is 262 g/mol. The molecule has 0 unspecified atom stereocenters. The van der Waals surface area contributed by atoms with Gasteiger partial charge in [0.2, 0.25) is 0 Å². The molecule has 0 atom stereocenters. The summed E-state index contributed by atoms with van der Waals surface area (Å²) in [6, 6.07) is 3.18. The lowest BCUT2D eigenvalue weighted by Gasteiger charge is -2.27. The van der Waals surface area contributed by atoms with Crippen molar-refractivity contribution in [2.75, 3.05) is 17.7 Å². The summed E-state index contributed by atoms with van der Waals surface area (Å²) in [6.07, 6.45) is -3.93. The fourth-order valence-electron chi connectivity index (χ4n) is 1.56. The van der Waals surface area contributed by atoms with Crippen molar-refractivity contribution in [2.24, 2.45) is 0 Å². The summed E-state index contributed by atoms with van der Waals surface area (Å²) in [4.78, 5) is 0. The van der Waals surface area contributed by atoms with Crippen LogP contribution in [0.3, 0.4) is 0 Å². The Morgan fingerprint density at radius 2 is 1.89 bits per heavy atom. The lowest BCUT2D eigenvalue weighted by Crippen LogP contribution is -2.32. The number of halogens is 3. The van der Waals surface area contributed by atoms with E-state index >= 15 is 0 Å². The van der Waals surface area contributed by atoms with E-state index < -0.39 is 17.3 Å². The number of alkyl halides is 3. The van der Waals surface area contributed by atoms with E-state index in [1.807, 2.05) is 13.8 Å². The van der Waals surface area contributed by atoms with E-state index in [0.29, 0.717) is 12.1 Å². The molecule has 1 rings (SSSR count). The highest BCUT2D eigenvalue weighted by molar-refractivity contribution is 5.68. The summed E-state index contributed by atoms with van der Waals surface area (Å²) in [5.74, 6) is 0. The van der Waals surface area contributed by atoms with Crippen molar-refractivity contribution in [1.29, 1.82) is 0 Å². The number of hydrogen-bond acceptors (Lipinski definition) is 3. The van der Waals surface area contributed by atoms with Crippen LogP contribution in [-0.2, 0) is 6.18 Å². The Labute approximate surface area is 104 Å². The minimum Gasteiger partial charge on any atom is -0.397 e. The predicted molar refractivity (Wildman–Crippen MR) is 65.3 cm³/mol. The van der Waals surface area contributed by atoms with E-state index in [1.54, 1.807) is 0 Å². The van der Waals surface area contributed by atoms with Gasteiger partial charge < -0.3 is 16.2 Å². The molecule has 0 aliphatic heterocycles. The van der Waals surface area contributed by atoms with E-state index in [-0.39, 0.29) is 12.3 Å². The molecular weight excluding hydrogens is 245 g/mol. The Bertz CT molecular complexity index is 416. The van der Waals surface area contributed by atoms with Crippen LogP contribution in [0.25, 0.3) is 0 Å². The number of anilines is 2. The zero-order valence-corrected chi connectivity index (χ0v) is 10.3. The van der Waals surface area contributed by atoms with Crippen LogP contribution in [0.2, 0.25) is 0 Å². The minimum absolute atomic E-state index is 0.0134. The second-order valence-corrected chi connectivity index (χ2v) is 4.78. The number of aliphatic hydroxyl groups is 1. The molecule has 0 aliphatic rings. The molecule has 18 heavy (non-hydrogen) atoms. The number of nitrogen functional groups attached to an aromatic ring is 1. The van der Waals surface area contributed by atoms with Crippen molar-refractivity contribution in [3.05, 3.63) is 23.8 Å². The highest BCUT2D eigenvalue weighted by Gasteiger charge is 2.31. The van der Waals surface area contributed by atoms with Gasteiger partial charge in [-0.1, -0.05) is 0 Å². The minimum atomic E-state index is -4.40. The Morgan fingerprint density at radius 1 is 1.28 bits per heavy atom. The van der Waals surface area contributed by atoms with Crippen LogP contribution in [0.4, 0.5) is 24.5 Å². The number of rotatable bonds is 4. The van der Waals surface area contributed by atoms with Gasteiger partial charge in [0, 0.05) is 12.1 Å². The second kappa shape index (κ2) is 5.06. The zero-order chi connectivity index (χ0) is 14.0. The molecule has 102 valence electrons. The quantitative estimate of drug-likeness (QED) is 0.731. The standard InChI is InChI=1S/C12H17F3N2O/c1-11(2,5-6-18)17-10-4-3-8(7-9(10)16)12(13,14)15/h3-4,7,17-18H,5-6,16H2,1-2H3. The van der Waals surface area contributed by atoms with E-state index in [1.165, 1.54) is 6.07 Å². The summed E-state index contributed by atoms with van der Waals surface area (Å²) in [6.45, 7) is 3.65. The van der Waals surface area contributed by atoms with Crippen molar-refractivity contribution in [1.82, 2.24) is 0 Å². The Morgan fingerprint density at radius 3 is 2.33 bits per heavy atom. The number of hydrogen-bond donors (Lipinski definition) is 3. The van der Waals surface area contributed by atoms with Gasteiger partial charge in [-0.25, -0.2) is 0 Å². The van der Waals surface area contributed by atoms with Gasteiger partial charge in [0.05, 0.1) is 16.9 Å². The number of benzene rings is 1. The van der Waals surface area contributed by atoms with Crippen molar-refractivity contribution >= 4 is 11.4 Å². The summed E-state index contributed by atoms with van der Waals surface area (Å²) in [7, 11) is 0. The lowest BCUT2D eigenvalue weighted by molar-refractivity contribution is -0.137. The normalized spacial score (nSPS) is 12.6. The molecule has 0 aromatic heterocycles. The van der Waals surface area contributed by atoms with Crippen molar-refractivity contribution < 1.29 is 18.3 Å². The predicted octanol–water partition coefficient (Wildman–Crippen LogP) is 2.86. The molecule has 0 spiro atoms. The third kappa shape index (κ3) is 3.80. The maximum Gasteiger partial charge on any atom is 0.416 e. The van der Waals surface area contributed by atoms with Gasteiger partial charge in [-0.05, 0) is 38.5 Å². The van der Waals surface area contributed by atoms with Gasteiger partial charge in [-0.3, -0.25) is 0 Å². The van der Waals surface area contributed by atoms with Crippen LogP contribution in [0.5, 0.6) is 0 Å². The monoisotopic (exact) mass is 262 g/mol. The SMILES string of the molecule is CC(C)(CCO)Nc1ccc(C(F)(F)F)cc1N. The molecule has 0 aliphatic carbocycles. The van der Waals surface area contributed by atoms with E-state index in [9.17, 15) is 13.2 Å². The van der Waals surface area contributed by atoms with Crippen molar-refractivity contribution in [2.45, 2.75) is 32.0 Å². The first-order valence-corrected chi connectivity index (χ1v) is 5.51. The van der Waals surface area contributed by atoms with Crippen LogP contribution in [0, 0.1) is 0 Å². The van der Waals surface area contributed by atoms with Gasteiger partial charge >= 0.3 is 6.18 Å². The molecule has 1 aromatic rings. The molecule has 4 N–H and O–H groups in total. The third-order valence-corrected chi connectivity index (χ3v) is 2.59. The topological polar surface area (TPSA) is 58.3 Å². The Balaban J connectivity index is 2.93. The summed E-state index contributed by atoms with van der Waals surface area (Å²) in [5, 5.41) is 11.9. The molecule has 0 bridgehead atoms. The molecule has 0 fully saturated rings. The van der Waals surface area contributed by atoms with Gasteiger partial charge in [-0.15, -0.1) is 0 Å². The van der Waals surface area contributed by atoms with Crippen molar-refractivity contribution in [3.63, 3.8) is 0 Å². The molecule has 0 saturated carbocycles. The van der Waals surface area contributed by atoms with Crippen LogP contribution >= 0.6 is 0 Å². The first-order chi connectivity index (χ1) is 8.15. The van der Waals surface area contributed by atoms with E-state index in [0.717, 1.165) is 12.1 Å². The van der Waals surface area contributed by atoms with Crippen LogP contribution in [0.15, 0.2) is 18.2 Å². The van der Waals surface area contributed by atoms with Crippen LogP contribution < -0.4 is 11.1 Å². The zero-order valence-electron chi connectivity index (χ0n) is 10.3. The summed E-state index contributed by atoms with van der Waals surface area (Å²) in [5.41, 5.74) is 4.85. The number of nitrogens with one attached hydrogen (secondary N) is 1. The highest BCUT2D eigenvalue weighted by Crippen LogP contribution is 2.33. The first-order valence-electron chi connectivity index (χ1n) is 5.51. The maximum atomic E-state index is 12.4. The lowest BCUT2D eigenvalue weighted by atomic mass is 10.00. The molecule has 0 saturated heterocycles. The molecular formula is C12H17F3N2O. The second-order valence-electron chi connectivity index (χ2n) is 4.78. The van der Waals surface area contributed by atoms with Crippen molar-refractivity contribution in [3.8, 4) is 0 Å². The highest BCUT2D eigenvalue weighted by atomic mass is 19.4. The van der Waals surface area contributed by atoms with Crippen LogP contribution in [0.1, 0.15) is 25.8 Å². The molecule has 6 heteroatoms. The summed E-state index contributed by atoms with van der Waals surface area (Å²) < 4.78 is 37.3. The molecule has 0 radical (unpaired) electrons. The van der Waals surface area contributed by atoms with Crippen LogP contribution in [-0.4, -0.2) is 17.3 Å². The van der Waals surface area contributed by atoms with Gasteiger partial charge in [0.25, 0.3) is 0 Å².